The van der Waals surface area contributed by atoms with Crippen LogP contribution in [-0.2, 0) is 0 Å². The van der Waals surface area contributed by atoms with E-state index >= 15 is 0 Å². The molecule has 0 amide bonds. The van der Waals surface area contributed by atoms with Crippen LogP contribution in [0.15, 0.2) is 11.6 Å². The van der Waals surface area contributed by atoms with Gasteiger partial charge in [0.25, 0.3) is 0 Å². The van der Waals surface area contributed by atoms with Gasteiger partial charge in [-0.05, 0) is 124 Å². The van der Waals surface area contributed by atoms with Gasteiger partial charge < -0.3 is 10.2 Å². The number of fused-ring (bicyclic) bond motifs is 5. The van der Waals surface area contributed by atoms with E-state index in [4.69, 9.17) is 0 Å². The summed E-state index contributed by atoms with van der Waals surface area (Å²) in [5, 5.41) is 22.0. The molecule has 0 bridgehead atoms. The van der Waals surface area contributed by atoms with E-state index in [1.807, 2.05) is 0 Å². The van der Waals surface area contributed by atoms with Gasteiger partial charge in [0.2, 0.25) is 5.92 Å². The lowest BCUT2D eigenvalue weighted by Gasteiger charge is -2.59. The Morgan fingerprint density at radius 1 is 0.914 bits per heavy atom. The van der Waals surface area contributed by atoms with E-state index in [0.29, 0.717) is 23.7 Å². The summed E-state index contributed by atoms with van der Waals surface area (Å²) in [7, 11) is 0. The monoisotopic (exact) mass is 492 g/mol. The third kappa shape index (κ3) is 4.45. The molecule has 4 saturated carbocycles. The van der Waals surface area contributed by atoms with E-state index in [9.17, 15) is 19.0 Å². The van der Waals surface area contributed by atoms with Crippen LogP contribution in [0.2, 0.25) is 0 Å². The molecule has 0 aromatic rings. The molecule has 35 heavy (non-hydrogen) atoms. The lowest BCUT2D eigenvalue weighted by Crippen LogP contribution is -2.52. The van der Waals surface area contributed by atoms with E-state index in [0.717, 1.165) is 49.9 Å². The average Bonchev–Trinajstić information content (AvgIpc) is 3.18. The van der Waals surface area contributed by atoms with Crippen molar-refractivity contribution in [2.24, 2.45) is 40.4 Å². The molecule has 4 fully saturated rings. The quantitative estimate of drug-likeness (QED) is 0.381. The fourth-order valence-electron chi connectivity index (χ4n) is 10.0. The van der Waals surface area contributed by atoms with Crippen molar-refractivity contribution >= 4 is 0 Å². The Balaban J connectivity index is 1.26. The molecule has 0 aliphatic heterocycles. The second-order valence-corrected chi connectivity index (χ2v) is 14.3. The van der Waals surface area contributed by atoms with Gasteiger partial charge in [-0.1, -0.05) is 39.3 Å². The molecule has 8 atom stereocenters. The van der Waals surface area contributed by atoms with Crippen LogP contribution < -0.4 is 0 Å². The Kier molecular flexibility index (Phi) is 6.56. The third-order valence-corrected chi connectivity index (χ3v) is 12.7. The summed E-state index contributed by atoms with van der Waals surface area (Å²) in [6.45, 7) is 9.58. The summed E-state index contributed by atoms with van der Waals surface area (Å²) in [5.74, 6) is 0.912. The number of halogens is 2. The van der Waals surface area contributed by atoms with Gasteiger partial charge in [0.1, 0.15) is 0 Å². The van der Waals surface area contributed by atoms with Crippen LogP contribution in [0.1, 0.15) is 124 Å². The minimum Gasteiger partial charge on any atom is -0.390 e. The average molecular weight is 493 g/mol. The number of aliphatic hydroxyl groups is 2. The van der Waals surface area contributed by atoms with Crippen LogP contribution in [-0.4, -0.2) is 27.3 Å². The molecule has 0 radical (unpaired) electrons. The second-order valence-electron chi connectivity index (χ2n) is 14.3. The van der Waals surface area contributed by atoms with Gasteiger partial charge >= 0.3 is 0 Å². The summed E-state index contributed by atoms with van der Waals surface area (Å²) in [6, 6.07) is 0. The second kappa shape index (κ2) is 8.79. The van der Waals surface area contributed by atoms with Crippen molar-refractivity contribution in [2.75, 3.05) is 0 Å². The maximum Gasteiger partial charge on any atom is 0.248 e. The fraction of sp³-hybridized carbons (Fsp3) is 0.935. The highest BCUT2D eigenvalue weighted by molar-refractivity contribution is 5.27. The highest BCUT2D eigenvalue weighted by Crippen LogP contribution is 2.68. The molecule has 5 aliphatic carbocycles. The predicted molar refractivity (Wildman–Crippen MR) is 137 cm³/mol. The predicted octanol–water partition coefficient (Wildman–Crippen LogP) is 8.06. The number of hydrogen-bond acceptors (Lipinski definition) is 2. The van der Waals surface area contributed by atoms with Crippen LogP contribution in [0.4, 0.5) is 8.78 Å². The van der Waals surface area contributed by atoms with Crippen molar-refractivity contribution in [1.82, 2.24) is 0 Å². The Morgan fingerprint density at radius 2 is 1.60 bits per heavy atom. The standard InChI is InChI=1S/C31H50F2O2/c1-5-29(34)15-14-27(3)22(20-29)6-7-23-25-9-8-24(28(25,4)12-11-26(23)27)21(2)10-13-30(35)16-18-31(32,33)19-17-30/h6,21,23-26,34-35H,5,7-20H2,1-4H3/t21-,23+,24-,25+,26+,27+,28-,29+/m1/s1. The lowest BCUT2D eigenvalue weighted by molar-refractivity contribution is -0.109. The van der Waals surface area contributed by atoms with E-state index < -0.39 is 17.1 Å². The molecular formula is C31H50F2O2. The first-order chi connectivity index (χ1) is 16.3. The van der Waals surface area contributed by atoms with E-state index in [2.05, 4.69) is 33.8 Å². The Bertz CT molecular complexity index is 828. The molecule has 2 nitrogen and oxygen atoms in total. The molecular weight excluding hydrogens is 442 g/mol. The molecule has 4 heteroatoms. The summed E-state index contributed by atoms with van der Waals surface area (Å²) >= 11 is 0. The minimum absolute atomic E-state index is 0.159. The first kappa shape index (κ1) is 26.1. The Labute approximate surface area is 212 Å². The van der Waals surface area contributed by atoms with Crippen LogP contribution >= 0.6 is 0 Å². The van der Waals surface area contributed by atoms with Gasteiger partial charge in [-0.2, -0.15) is 0 Å². The molecule has 5 aliphatic rings. The highest BCUT2D eigenvalue weighted by Gasteiger charge is 2.60. The summed E-state index contributed by atoms with van der Waals surface area (Å²) in [6.07, 6.45) is 14.6. The van der Waals surface area contributed by atoms with E-state index in [1.165, 1.54) is 32.1 Å². The molecule has 5 rings (SSSR count). The van der Waals surface area contributed by atoms with E-state index in [-0.39, 0.29) is 31.1 Å². The maximum atomic E-state index is 13.6. The Hall–Kier alpha value is -0.480. The minimum atomic E-state index is -2.58. The Morgan fingerprint density at radius 3 is 2.29 bits per heavy atom. The maximum absolute atomic E-state index is 13.6. The normalized spacial score (nSPS) is 47.3. The van der Waals surface area contributed by atoms with Gasteiger partial charge in [0, 0.05) is 12.8 Å². The number of alkyl halides is 2. The van der Waals surface area contributed by atoms with E-state index in [1.54, 1.807) is 5.57 Å². The molecule has 0 unspecified atom stereocenters. The molecule has 2 N–H and O–H groups in total. The zero-order chi connectivity index (χ0) is 25.3. The van der Waals surface area contributed by atoms with Gasteiger partial charge in [0.15, 0.2) is 0 Å². The number of rotatable bonds is 5. The molecule has 0 aromatic carbocycles. The van der Waals surface area contributed by atoms with Gasteiger partial charge in [-0.25, -0.2) is 8.78 Å². The highest BCUT2D eigenvalue weighted by atomic mass is 19.3. The molecule has 0 saturated heterocycles. The molecule has 0 spiro atoms. The van der Waals surface area contributed by atoms with Crippen molar-refractivity contribution in [3.8, 4) is 0 Å². The van der Waals surface area contributed by atoms with Crippen LogP contribution in [0.25, 0.3) is 0 Å². The van der Waals surface area contributed by atoms with Crippen molar-refractivity contribution in [3.63, 3.8) is 0 Å². The zero-order valence-corrected chi connectivity index (χ0v) is 22.7. The fourth-order valence-corrected chi connectivity index (χ4v) is 10.0. The third-order valence-electron chi connectivity index (χ3n) is 12.7. The van der Waals surface area contributed by atoms with Crippen molar-refractivity contribution in [3.05, 3.63) is 11.6 Å². The first-order valence-corrected chi connectivity index (χ1v) is 14.9. The zero-order valence-electron chi connectivity index (χ0n) is 22.7. The van der Waals surface area contributed by atoms with Crippen molar-refractivity contribution < 1.29 is 19.0 Å². The number of hydrogen-bond donors (Lipinski definition) is 2. The smallest absolute Gasteiger partial charge is 0.248 e. The lowest BCUT2D eigenvalue weighted by atomic mass is 9.46. The summed E-state index contributed by atoms with van der Waals surface area (Å²) in [4.78, 5) is 0. The van der Waals surface area contributed by atoms with Crippen LogP contribution in [0.5, 0.6) is 0 Å². The SMILES string of the molecule is CC[C@]1(O)CC[C@@]2(C)C(=CC[C@H]3[C@@H]4CC[C@H]([C@H](C)CCC5(O)CCC(F)(F)CC5)[C@@]4(C)CC[C@@H]32)C1. The molecule has 0 heterocycles. The molecule has 200 valence electrons. The van der Waals surface area contributed by atoms with Gasteiger partial charge in [-0.15, -0.1) is 0 Å². The van der Waals surface area contributed by atoms with Gasteiger partial charge in [-0.3, -0.25) is 0 Å². The topological polar surface area (TPSA) is 40.5 Å². The van der Waals surface area contributed by atoms with Crippen LogP contribution in [0, 0.1) is 40.4 Å². The van der Waals surface area contributed by atoms with Gasteiger partial charge in [0.05, 0.1) is 11.2 Å². The molecule has 0 aromatic heterocycles. The summed E-state index contributed by atoms with van der Waals surface area (Å²) in [5.41, 5.74) is 0.804. The summed E-state index contributed by atoms with van der Waals surface area (Å²) < 4.78 is 27.2. The largest absolute Gasteiger partial charge is 0.390 e. The van der Waals surface area contributed by atoms with Crippen LogP contribution in [0.3, 0.4) is 0 Å². The first-order valence-electron chi connectivity index (χ1n) is 14.9. The number of allylic oxidation sites excluding steroid dienone is 1. The van der Waals surface area contributed by atoms with Crippen molar-refractivity contribution in [1.29, 1.82) is 0 Å². The van der Waals surface area contributed by atoms with Crippen molar-refractivity contribution in [2.45, 2.75) is 141 Å².